The molecule has 1 heterocycles. The van der Waals surface area contributed by atoms with E-state index in [1.807, 2.05) is 6.07 Å². The zero-order chi connectivity index (χ0) is 15.7. The number of fused-ring (bicyclic) bond motifs is 2. The third-order valence-electron chi connectivity index (χ3n) is 5.70. The van der Waals surface area contributed by atoms with Gasteiger partial charge in [-0.25, -0.2) is 0 Å². The molecule has 2 aliphatic carbocycles. The van der Waals surface area contributed by atoms with E-state index in [0.717, 1.165) is 37.1 Å². The molecular formula is C17H27N3O2. The summed E-state index contributed by atoms with van der Waals surface area (Å²) in [6.07, 6.45) is 5.57. The standard InChI is InChI=1S/C17H27N3O2/c1-3-10(4-2)14-8-13(22-20-14)9-19-17(21)15-11-5-6-12(7-11)16(15)18/h8,10-12,15-16H,3-7,9,18H2,1-2H3,(H,19,21). The second-order valence-electron chi connectivity index (χ2n) is 6.89. The van der Waals surface area contributed by atoms with Crippen molar-refractivity contribution in [3.63, 3.8) is 0 Å². The maximum atomic E-state index is 12.4. The van der Waals surface area contributed by atoms with Gasteiger partial charge in [0.2, 0.25) is 5.91 Å². The molecule has 22 heavy (non-hydrogen) atoms. The number of hydrogen-bond acceptors (Lipinski definition) is 4. The van der Waals surface area contributed by atoms with Gasteiger partial charge in [-0.05, 0) is 43.9 Å². The van der Waals surface area contributed by atoms with Crippen LogP contribution >= 0.6 is 0 Å². The molecule has 2 aliphatic rings. The molecule has 0 spiro atoms. The molecule has 3 rings (SSSR count). The zero-order valence-electron chi connectivity index (χ0n) is 13.5. The number of carbonyl (C=O) groups is 1. The highest BCUT2D eigenvalue weighted by Crippen LogP contribution is 2.47. The molecule has 1 amide bonds. The van der Waals surface area contributed by atoms with Crippen LogP contribution in [0.25, 0.3) is 0 Å². The van der Waals surface area contributed by atoms with Crippen LogP contribution in [0.15, 0.2) is 10.6 Å². The number of nitrogens with zero attached hydrogens (tertiary/aromatic N) is 1. The number of nitrogens with two attached hydrogens (primary N) is 1. The topological polar surface area (TPSA) is 81.2 Å². The lowest BCUT2D eigenvalue weighted by Crippen LogP contribution is -2.45. The van der Waals surface area contributed by atoms with Crippen LogP contribution < -0.4 is 11.1 Å². The minimum atomic E-state index is -0.0137. The van der Waals surface area contributed by atoms with E-state index < -0.39 is 0 Å². The maximum Gasteiger partial charge on any atom is 0.225 e. The van der Waals surface area contributed by atoms with Crippen LogP contribution in [0.4, 0.5) is 0 Å². The van der Waals surface area contributed by atoms with E-state index >= 15 is 0 Å². The van der Waals surface area contributed by atoms with Gasteiger partial charge in [-0.2, -0.15) is 0 Å². The molecular weight excluding hydrogens is 278 g/mol. The average Bonchev–Trinajstić information content (AvgIpc) is 3.22. The molecule has 122 valence electrons. The van der Waals surface area contributed by atoms with Gasteiger partial charge in [0.15, 0.2) is 5.76 Å². The summed E-state index contributed by atoms with van der Waals surface area (Å²) >= 11 is 0. The van der Waals surface area contributed by atoms with Crippen molar-refractivity contribution < 1.29 is 9.32 Å². The normalized spacial score (nSPS) is 30.2. The van der Waals surface area contributed by atoms with Gasteiger partial charge >= 0.3 is 0 Å². The Morgan fingerprint density at radius 1 is 1.41 bits per heavy atom. The largest absolute Gasteiger partial charge is 0.359 e. The summed E-state index contributed by atoms with van der Waals surface area (Å²) in [5, 5.41) is 7.13. The first-order valence-electron chi connectivity index (χ1n) is 8.62. The lowest BCUT2D eigenvalue weighted by molar-refractivity contribution is -0.127. The van der Waals surface area contributed by atoms with Crippen LogP contribution in [0, 0.1) is 17.8 Å². The molecule has 2 saturated carbocycles. The van der Waals surface area contributed by atoms with Crippen molar-refractivity contribution in [1.82, 2.24) is 10.5 Å². The van der Waals surface area contributed by atoms with Crippen LogP contribution in [0.3, 0.4) is 0 Å². The Balaban J connectivity index is 1.55. The smallest absolute Gasteiger partial charge is 0.225 e. The van der Waals surface area contributed by atoms with Crippen molar-refractivity contribution in [3.8, 4) is 0 Å². The summed E-state index contributed by atoms with van der Waals surface area (Å²) in [6, 6.07) is 2.01. The summed E-state index contributed by atoms with van der Waals surface area (Å²) in [7, 11) is 0. The van der Waals surface area contributed by atoms with E-state index in [4.69, 9.17) is 10.3 Å². The Kier molecular flexibility index (Phi) is 4.52. The molecule has 0 saturated heterocycles. The predicted molar refractivity (Wildman–Crippen MR) is 84.0 cm³/mol. The quantitative estimate of drug-likeness (QED) is 0.846. The van der Waals surface area contributed by atoms with E-state index in [9.17, 15) is 4.79 Å². The number of hydrogen-bond donors (Lipinski definition) is 2. The summed E-state index contributed by atoms with van der Waals surface area (Å²) in [4.78, 5) is 12.4. The van der Waals surface area contributed by atoms with Gasteiger partial charge in [0.05, 0.1) is 18.2 Å². The van der Waals surface area contributed by atoms with E-state index in [2.05, 4.69) is 24.3 Å². The van der Waals surface area contributed by atoms with Crippen molar-refractivity contribution in [3.05, 3.63) is 17.5 Å². The number of rotatable bonds is 6. The van der Waals surface area contributed by atoms with Gasteiger partial charge in [-0.15, -0.1) is 0 Å². The summed E-state index contributed by atoms with van der Waals surface area (Å²) in [5.74, 6) is 2.27. The first-order chi connectivity index (χ1) is 10.6. The van der Waals surface area contributed by atoms with Crippen LogP contribution in [0.2, 0.25) is 0 Å². The molecule has 1 aromatic heterocycles. The van der Waals surface area contributed by atoms with Crippen molar-refractivity contribution in [2.24, 2.45) is 23.5 Å². The third-order valence-corrected chi connectivity index (χ3v) is 5.70. The highest BCUT2D eigenvalue weighted by molar-refractivity contribution is 5.80. The monoisotopic (exact) mass is 305 g/mol. The van der Waals surface area contributed by atoms with E-state index in [1.165, 1.54) is 6.42 Å². The molecule has 0 aromatic carbocycles. The molecule has 4 atom stereocenters. The fourth-order valence-electron chi connectivity index (χ4n) is 4.33. The van der Waals surface area contributed by atoms with Gasteiger partial charge < -0.3 is 15.6 Å². The Morgan fingerprint density at radius 2 is 2.14 bits per heavy atom. The van der Waals surface area contributed by atoms with Crippen LogP contribution in [-0.4, -0.2) is 17.1 Å². The van der Waals surface area contributed by atoms with Crippen molar-refractivity contribution in [2.75, 3.05) is 0 Å². The molecule has 3 N–H and O–H groups in total. The Hall–Kier alpha value is -1.36. The fourth-order valence-corrected chi connectivity index (χ4v) is 4.33. The minimum absolute atomic E-state index is 0.0137. The predicted octanol–water partition coefficient (Wildman–Crippen LogP) is 2.57. The SMILES string of the molecule is CCC(CC)c1cc(CNC(=O)C2C3CCC(C3)C2N)on1. The molecule has 4 unspecified atom stereocenters. The fraction of sp³-hybridized carbons (Fsp3) is 0.765. The molecule has 2 fully saturated rings. The van der Waals surface area contributed by atoms with Gasteiger partial charge in [0, 0.05) is 18.0 Å². The lowest BCUT2D eigenvalue weighted by atomic mass is 9.84. The summed E-state index contributed by atoms with van der Waals surface area (Å²) in [6.45, 7) is 4.72. The Labute approximate surface area is 132 Å². The highest BCUT2D eigenvalue weighted by Gasteiger charge is 2.48. The first kappa shape index (κ1) is 15.5. The molecule has 5 heteroatoms. The molecule has 0 aliphatic heterocycles. The van der Waals surface area contributed by atoms with Crippen molar-refractivity contribution >= 4 is 5.91 Å². The van der Waals surface area contributed by atoms with Crippen molar-refractivity contribution in [2.45, 2.75) is 64.5 Å². The average molecular weight is 305 g/mol. The lowest BCUT2D eigenvalue weighted by Gasteiger charge is -2.26. The van der Waals surface area contributed by atoms with E-state index in [-0.39, 0.29) is 17.9 Å². The maximum absolute atomic E-state index is 12.4. The van der Waals surface area contributed by atoms with E-state index in [0.29, 0.717) is 24.3 Å². The van der Waals surface area contributed by atoms with Crippen LogP contribution in [-0.2, 0) is 11.3 Å². The summed E-state index contributed by atoms with van der Waals surface area (Å²) in [5.41, 5.74) is 7.21. The molecule has 2 bridgehead atoms. The Bertz CT molecular complexity index is 522. The number of aromatic nitrogens is 1. The van der Waals surface area contributed by atoms with Gasteiger partial charge in [-0.1, -0.05) is 19.0 Å². The van der Waals surface area contributed by atoms with E-state index in [1.54, 1.807) is 0 Å². The number of nitrogens with one attached hydrogen (secondary N) is 1. The molecule has 1 aromatic rings. The second kappa shape index (κ2) is 6.41. The minimum Gasteiger partial charge on any atom is -0.359 e. The zero-order valence-corrected chi connectivity index (χ0v) is 13.5. The number of carbonyl (C=O) groups excluding carboxylic acids is 1. The summed E-state index contributed by atoms with van der Waals surface area (Å²) < 4.78 is 5.36. The van der Waals surface area contributed by atoms with Gasteiger partial charge in [0.25, 0.3) is 0 Å². The van der Waals surface area contributed by atoms with Gasteiger partial charge in [0.1, 0.15) is 0 Å². The second-order valence-corrected chi connectivity index (χ2v) is 6.89. The molecule has 0 radical (unpaired) electrons. The van der Waals surface area contributed by atoms with Crippen LogP contribution in [0.5, 0.6) is 0 Å². The van der Waals surface area contributed by atoms with Crippen molar-refractivity contribution in [1.29, 1.82) is 0 Å². The molecule has 5 nitrogen and oxygen atoms in total. The number of amides is 1. The highest BCUT2D eigenvalue weighted by atomic mass is 16.5. The van der Waals surface area contributed by atoms with Gasteiger partial charge in [-0.3, -0.25) is 4.79 Å². The third kappa shape index (κ3) is 2.78. The first-order valence-corrected chi connectivity index (χ1v) is 8.62. The van der Waals surface area contributed by atoms with Crippen LogP contribution in [0.1, 0.15) is 63.3 Å². The Morgan fingerprint density at radius 3 is 2.77 bits per heavy atom.